The van der Waals surface area contributed by atoms with Crippen LogP contribution in [-0.2, 0) is 16.6 Å². The van der Waals surface area contributed by atoms with Gasteiger partial charge in [-0.15, -0.1) is 0 Å². The van der Waals surface area contributed by atoms with Gasteiger partial charge < -0.3 is 19.5 Å². The van der Waals surface area contributed by atoms with Gasteiger partial charge in [0.25, 0.3) is 5.91 Å². The predicted molar refractivity (Wildman–Crippen MR) is 133 cm³/mol. The van der Waals surface area contributed by atoms with Crippen molar-refractivity contribution in [2.75, 3.05) is 37.1 Å². The highest BCUT2D eigenvalue weighted by Gasteiger charge is 2.19. The molecule has 3 rings (SSSR count). The highest BCUT2D eigenvalue weighted by molar-refractivity contribution is 7.92. The van der Waals surface area contributed by atoms with E-state index in [1.54, 1.807) is 62.8 Å². The maximum Gasteiger partial charge on any atom is 0.255 e. The molecule has 3 aromatic rings. The second-order valence-electron chi connectivity index (χ2n) is 7.70. The highest BCUT2D eigenvalue weighted by atomic mass is 32.2. The summed E-state index contributed by atoms with van der Waals surface area (Å²) >= 11 is 0. The number of carbonyl (C=O) groups excluding carboxylic acids is 1. The van der Waals surface area contributed by atoms with Crippen molar-refractivity contribution < 1.29 is 27.4 Å². The zero-order valence-corrected chi connectivity index (χ0v) is 20.6. The fraction of sp³-hybridized carbons (Fsp3) is 0.240. The maximum atomic E-state index is 12.7. The van der Waals surface area contributed by atoms with Gasteiger partial charge in [-0.05, 0) is 49.4 Å². The first-order chi connectivity index (χ1) is 16.1. The van der Waals surface area contributed by atoms with Crippen molar-refractivity contribution in [3.8, 4) is 17.2 Å². The van der Waals surface area contributed by atoms with E-state index < -0.39 is 10.0 Å². The fourth-order valence-corrected chi connectivity index (χ4v) is 3.71. The average Bonchev–Trinajstić information content (AvgIpc) is 2.82. The molecule has 3 aromatic carbocycles. The van der Waals surface area contributed by atoms with Gasteiger partial charge in [-0.3, -0.25) is 9.10 Å². The van der Waals surface area contributed by atoms with Crippen molar-refractivity contribution in [2.24, 2.45) is 0 Å². The van der Waals surface area contributed by atoms with Gasteiger partial charge in [-0.1, -0.05) is 17.7 Å². The van der Waals surface area contributed by atoms with E-state index in [-0.39, 0.29) is 18.3 Å². The first-order valence-electron chi connectivity index (χ1n) is 10.4. The standard InChI is InChI=1S/C25H28N2O6S/c1-17-6-8-18(9-7-17)25(28)26-20-10-12-22(27(2)34(5,29)30)24(15-20)33-16-19-14-21(31-3)11-13-23(19)32-4/h6-15H,16H2,1-5H3,(H,26,28). The van der Waals surface area contributed by atoms with Crippen molar-refractivity contribution in [3.63, 3.8) is 0 Å². The molecule has 0 aliphatic carbocycles. The minimum Gasteiger partial charge on any atom is -0.497 e. The summed E-state index contributed by atoms with van der Waals surface area (Å²) in [5, 5.41) is 2.83. The molecular weight excluding hydrogens is 456 g/mol. The van der Waals surface area contributed by atoms with E-state index in [4.69, 9.17) is 14.2 Å². The number of nitrogens with zero attached hydrogens (tertiary/aromatic N) is 1. The van der Waals surface area contributed by atoms with Crippen molar-refractivity contribution in [1.82, 2.24) is 0 Å². The van der Waals surface area contributed by atoms with Gasteiger partial charge in [-0.2, -0.15) is 0 Å². The molecule has 0 bridgehead atoms. The van der Waals surface area contributed by atoms with Gasteiger partial charge in [-0.25, -0.2) is 8.42 Å². The number of benzene rings is 3. The third kappa shape index (κ3) is 5.99. The SMILES string of the molecule is COc1ccc(OC)c(COc2cc(NC(=O)c3ccc(C)cc3)ccc2N(C)S(C)(=O)=O)c1. The Morgan fingerprint density at radius 2 is 1.65 bits per heavy atom. The summed E-state index contributed by atoms with van der Waals surface area (Å²) in [6.45, 7) is 2.03. The topological polar surface area (TPSA) is 94.2 Å². The molecule has 0 fully saturated rings. The molecule has 8 nitrogen and oxygen atoms in total. The number of anilines is 2. The van der Waals surface area contributed by atoms with Crippen LogP contribution in [0.3, 0.4) is 0 Å². The van der Waals surface area contributed by atoms with Crippen LogP contribution in [0.1, 0.15) is 21.5 Å². The van der Waals surface area contributed by atoms with E-state index in [0.29, 0.717) is 34.0 Å². The minimum atomic E-state index is -3.55. The number of nitrogens with one attached hydrogen (secondary N) is 1. The summed E-state index contributed by atoms with van der Waals surface area (Å²) in [6.07, 6.45) is 1.11. The van der Waals surface area contributed by atoms with Crippen LogP contribution >= 0.6 is 0 Å². The molecule has 1 N–H and O–H groups in total. The molecule has 180 valence electrons. The van der Waals surface area contributed by atoms with Gasteiger partial charge in [0.15, 0.2) is 0 Å². The first-order valence-corrected chi connectivity index (χ1v) is 12.3. The Balaban J connectivity index is 1.92. The highest BCUT2D eigenvalue weighted by Crippen LogP contribution is 2.34. The van der Waals surface area contributed by atoms with Gasteiger partial charge in [0.1, 0.15) is 23.9 Å². The van der Waals surface area contributed by atoms with Crippen molar-refractivity contribution in [3.05, 3.63) is 77.4 Å². The summed E-state index contributed by atoms with van der Waals surface area (Å²) in [5.41, 5.74) is 3.06. The first kappa shape index (κ1) is 24.9. The lowest BCUT2D eigenvalue weighted by atomic mass is 10.1. The van der Waals surface area contributed by atoms with Crippen LogP contribution < -0.4 is 23.8 Å². The second-order valence-corrected chi connectivity index (χ2v) is 9.71. The van der Waals surface area contributed by atoms with Crippen molar-refractivity contribution in [1.29, 1.82) is 0 Å². The fourth-order valence-electron chi connectivity index (χ4n) is 3.20. The van der Waals surface area contributed by atoms with E-state index in [2.05, 4.69) is 5.32 Å². The van der Waals surface area contributed by atoms with Crippen LogP contribution in [0.4, 0.5) is 11.4 Å². The summed E-state index contributed by atoms with van der Waals surface area (Å²) < 4.78 is 42.2. The number of hydrogen-bond donors (Lipinski definition) is 1. The molecule has 1 amide bonds. The average molecular weight is 485 g/mol. The zero-order chi connectivity index (χ0) is 24.9. The lowest BCUT2D eigenvalue weighted by Gasteiger charge is -2.21. The van der Waals surface area contributed by atoms with Crippen molar-refractivity contribution in [2.45, 2.75) is 13.5 Å². The Kier molecular flexibility index (Phi) is 7.68. The summed E-state index contributed by atoms with van der Waals surface area (Å²) in [7, 11) is 1.00. The molecule has 0 saturated heterocycles. The Morgan fingerprint density at radius 3 is 2.26 bits per heavy atom. The van der Waals surface area contributed by atoms with Gasteiger partial charge in [0, 0.05) is 29.9 Å². The monoisotopic (exact) mass is 484 g/mol. The van der Waals surface area contributed by atoms with Gasteiger partial charge in [0.2, 0.25) is 10.0 Å². The summed E-state index contributed by atoms with van der Waals surface area (Å²) in [4.78, 5) is 12.7. The van der Waals surface area contributed by atoms with E-state index >= 15 is 0 Å². The van der Waals surface area contributed by atoms with Crippen LogP contribution in [0.25, 0.3) is 0 Å². The molecule has 0 radical (unpaired) electrons. The van der Waals surface area contributed by atoms with Crippen molar-refractivity contribution >= 4 is 27.3 Å². The zero-order valence-electron chi connectivity index (χ0n) is 19.8. The summed E-state index contributed by atoms with van der Waals surface area (Å²) in [6, 6.07) is 17.3. The molecule has 0 aliphatic heterocycles. The van der Waals surface area contributed by atoms with Gasteiger partial charge >= 0.3 is 0 Å². The molecular formula is C25H28N2O6S. The van der Waals surface area contributed by atoms with E-state index in [0.717, 1.165) is 16.1 Å². The number of methoxy groups -OCH3 is 2. The smallest absolute Gasteiger partial charge is 0.255 e. The molecule has 0 spiro atoms. The van der Waals surface area contributed by atoms with E-state index in [1.165, 1.54) is 7.05 Å². The molecule has 0 atom stereocenters. The summed E-state index contributed by atoms with van der Waals surface area (Å²) in [5.74, 6) is 1.22. The number of hydrogen-bond acceptors (Lipinski definition) is 6. The number of carbonyl (C=O) groups is 1. The second kappa shape index (κ2) is 10.5. The van der Waals surface area contributed by atoms with Crippen LogP contribution in [0.2, 0.25) is 0 Å². The van der Waals surface area contributed by atoms with Crippen LogP contribution in [0.5, 0.6) is 17.2 Å². The molecule has 34 heavy (non-hydrogen) atoms. The number of sulfonamides is 1. The molecule has 0 aliphatic rings. The number of aryl methyl sites for hydroxylation is 1. The quantitative estimate of drug-likeness (QED) is 0.488. The molecule has 0 heterocycles. The molecule has 0 unspecified atom stereocenters. The van der Waals surface area contributed by atoms with E-state index in [1.807, 2.05) is 19.1 Å². The molecule has 0 aromatic heterocycles. The Hall–Kier alpha value is -3.72. The van der Waals surface area contributed by atoms with E-state index in [9.17, 15) is 13.2 Å². The van der Waals surface area contributed by atoms with Crippen LogP contribution in [0.15, 0.2) is 60.7 Å². The third-order valence-corrected chi connectivity index (χ3v) is 6.43. The van der Waals surface area contributed by atoms with Crippen LogP contribution in [-0.4, -0.2) is 41.8 Å². The third-order valence-electron chi connectivity index (χ3n) is 5.24. The maximum absolute atomic E-state index is 12.7. The number of rotatable bonds is 9. The predicted octanol–water partition coefficient (Wildman–Crippen LogP) is 4.24. The lowest BCUT2D eigenvalue weighted by Crippen LogP contribution is -2.25. The van der Waals surface area contributed by atoms with Gasteiger partial charge in [0.05, 0.1) is 26.2 Å². The molecule has 9 heteroatoms. The Morgan fingerprint density at radius 1 is 0.941 bits per heavy atom. The Bertz CT molecular complexity index is 1270. The number of amides is 1. The Labute approximate surface area is 200 Å². The normalized spacial score (nSPS) is 11.0. The minimum absolute atomic E-state index is 0.0837. The van der Waals surface area contributed by atoms with Crippen LogP contribution in [0, 0.1) is 6.92 Å². The lowest BCUT2D eigenvalue weighted by molar-refractivity contribution is 0.102. The molecule has 0 saturated carbocycles. The largest absolute Gasteiger partial charge is 0.497 e. The number of ether oxygens (including phenoxy) is 3.